The molecule has 100 valence electrons. The van der Waals surface area contributed by atoms with Crippen LogP contribution in [0.5, 0.6) is 0 Å². The minimum Gasteiger partial charge on any atom is -0.353 e. The Labute approximate surface area is 112 Å². The van der Waals surface area contributed by atoms with Crippen molar-refractivity contribution >= 4 is 11.8 Å². The summed E-state index contributed by atoms with van der Waals surface area (Å²) in [6.07, 6.45) is 1.78. The van der Waals surface area contributed by atoms with Gasteiger partial charge in [0.05, 0.1) is 5.41 Å². The molecule has 1 saturated heterocycles. The topological polar surface area (TPSA) is 49.4 Å². The van der Waals surface area contributed by atoms with E-state index in [1.165, 1.54) is 0 Å². The fourth-order valence-corrected chi connectivity index (χ4v) is 2.84. The van der Waals surface area contributed by atoms with E-state index in [-0.39, 0.29) is 23.3 Å². The van der Waals surface area contributed by atoms with Gasteiger partial charge in [-0.15, -0.1) is 0 Å². The van der Waals surface area contributed by atoms with E-state index < -0.39 is 0 Å². The Bertz CT molecular complexity index is 508. The molecule has 1 N–H and O–H groups in total. The van der Waals surface area contributed by atoms with Crippen molar-refractivity contribution in [3.05, 3.63) is 35.9 Å². The van der Waals surface area contributed by atoms with Gasteiger partial charge in [0, 0.05) is 13.1 Å². The third kappa shape index (κ3) is 1.91. The van der Waals surface area contributed by atoms with Crippen LogP contribution in [0.3, 0.4) is 0 Å². The van der Waals surface area contributed by atoms with E-state index in [4.69, 9.17) is 0 Å². The zero-order valence-corrected chi connectivity index (χ0v) is 11.1. The fraction of sp³-hybridized carbons (Fsp3) is 0.467. The SMILES string of the molecule is CC1C(=O)NCCN1C(=O)C1(c2ccccc2)CC1. The number of benzene rings is 1. The Morgan fingerprint density at radius 3 is 2.63 bits per heavy atom. The summed E-state index contributed by atoms with van der Waals surface area (Å²) in [6, 6.07) is 9.56. The van der Waals surface area contributed by atoms with E-state index in [2.05, 4.69) is 5.32 Å². The van der Waals surface area contributed by atoms with Crippen molar-refractivity contribution in [3.8, 4) is 0 Å². The number of carbonyl (C=O) groups excluding carboxylic acids is 2. The van der Waals surface area contributed by atoms with E-state index in [0.717, 1.165) is 18.4 Å². The summed E-state index contributed by atoms with van der Waals surface area (Å²) in [4.78, 5) is 26.2. The second-order valence-electron chi connectivity index (χ2n) is 5.41. The Morgan fingerprint density at radius 1 is 1.32 bits per heavy atom. The van der Waals surface area contributed by atoms with Crippen molar-refractivity contribution < 1.29 is 9.59 Å². The number of nitrogens with one attached hydrogen (secondary N) is 1. The predicted molar refractivity (Wildman–Crippen MR) is 71.5 cm³/mol. The van der Waals surface area contributed by atoms with E-state index >= 15 is 0 Å². The zero-order valence-electron chi connectivity index (χ0n) is 11.1. The third-order valence-corrected chi connectivity index (χ3v) is 4.25. The maximum Gasteiger partial charge on any atom is 0.242 e. The van der Waals surface area contributed by atoms with Gasteiger partial charge in [0.25, 0.3) is 0 Å². The summed E-state index contributed by atoms with van der Waals surface area (Å²) in [6.45, 7) is 2.97. The number of hydrogen-bond acceptors (Lipinski definition) is 2. The molecule has 0 bridgehead atoms. The van der Waals surface area contributed by atoms with Gasteiger partial charge < -0.3 is 10.2 Å². The first kappa shape index (κ1) is 12.2. The van der Waals surface area contributed by atoms with Gasteiger partial charge >= 0.3 is 0 Å². The van der Waals surface area contributed by atoms with Crippen LogP contribution in [0.25, 0.3) is 0 Å². The normalized spacial score (nSPS) is 24.8. The van der Waals surface area contributed by atoms with Crippen LogP contribution in [0.4, 0.5) is 0 Å². The molecule has 1 atom stereocenters. The summed E-state index contributed by atoms with van der Waals surface area (Å²) < 4.78 is 0. The number of nitrogens with zero attached hydrogens (tertiary/aromatic N) is 1. The first-order valence-electron chi connectivity index (χ1n) is 6.79. The van der Waals surface area contributed by atoms with Crippen molar-refractivity contribution in [3.63, 3.8) is 0 Å². The molecule has 2 amide bonds. The second kappa shape index (κ2) is 4.37. The van der Waals surface area contributed by atoms with Gasteiger partial charge in [0.15, 0.2) is 0 Å². The molecule has 1 aromatic rings. The summed E-state index contributed by atoms with van der Waals surface area (Å²) in [7, 11) is 0. The van der Waals surface area contributed by atoms with Crippen LogP contribution in [0.15, 0.2) is 30.3 Å². The average Bonchev–Trinajstić information content (AvgIpc) is 3.24. The molecular weight excluding hydrogens is 240 g/mol. The van der Waals surface area contributed by atoms with Crippen molar-refractivity contribution in [2.24, 2.45) is 0 Å². The molecule has 4 nitrogen and oxygen atoms in total. The number of amides is 2. The van der Waals surface area contributed by atoms with Gasteiger partial charge in [-0.3, -0.25) is 9.59 Å². The minimum absolute atomic E-state index is 0.0524. The summed E-state index contributed by atoms with van der Waals surface area (Å²) in [5.74, 6) is 0.0597. The highest BCUT2D eigenvalue weighted by atomic mass is 16.2. The van der Waals surface area contributed by atoms with Gasteiger partial charge in [-0.1, -0.05) is 30.3 Å². The van der Waals surface area contributed by atoms with E-state index in [1.807, 2.05) is 30.3 Å². The summed E-state index contributed by atoms with van der Waals surface area (Å²) >= 11 is 0. The van der Waals surface area contributed by atoms with Crippen LogP contribution in [0.1, 0.15) is 25.3 Å². The fourth-order valence-electron chi connectivity index (χ4n) is 2.84. The van der Waals surface area contributed by atoms with Gasteiger partial charge in [0.2, 0.25) is 11.8 Å². The van der Waals surface area contributed by atoms with Crippen LogP contribution >= 0.6 is 0 Å². The monoisotopic (exact) mass is 258 g/mol. The van der Waals surface area contributed by atoms with Crippen LogP contribution < -0.4 is 5.32 Å². The number of piperazine rings is 1. The Hall–Kier alpha value is -1.84. The molecule has 1 heterocycles. The molecule has 4 heteroatoms. The minimum atomic E-state index is -0.368. The summed E-state index contributed by atoms with van der Waals surface area (Å²) in [5.41, 5.74) is 0.714. The molecule has 0 radical (unpaired) electrons. The highest BCUT2D eigenvalue weighted by Gasteiger charge is 2.54. The molecule has 2 fully saturated rings. The number of rotatable bonds is 2. The lowest BCUT2D eigenvalue weighted by Crippen LogP contribution is -2.58. The van der Waals surface area contributed by atoms with E-state index in [1.54, 1.807) is 11.8 Å². The molecule has 1 aliphatic carbocycles. The Balaban J connectivity index is 1.86. The van der Waals surface area contributed by atoms with Crippen molar-refractivity contribution in [2.75, 3.05) is 13.1 Å². The molecule has 1 aromatic carbocycles. The lowest BCUT2D eigenvalue weighted by Gasteiger charge is -2.35. The Kier molecular flexibility index (Phi) is 2.81. The largest absolute Gasteiger partial charge is 0.353 e. The van der Waals surface area contributed by atoms with Crippen molar-refractivity contribution in [2.45, 2.75) is 31.2 Å². The van der Waals surface area contributed by atoms with Crippen LogP contribution in [0, 0.1) is 0 Å². The molecule has 2 aliphatic rings. The lowest BCUT2D eigenvalue weighted by atomic mass is 9.93. The first-order valence-corrected chi connectivity index (χ1v) is 6.79. The molecule has 1 unspecified atom stereocenters. The van der Waals surface area contributed by atoms with E-state index in [0.29, 0.717) is 13.1 Å². The quantitative estimate of drug-likeness (QED) is 0.862. The number of carbonyl (C=O) groups is 2. The molecule has 1 aliphatic heterocycles. The van der Waals surface area contributed by atoms with Crippen molar-refractivity contribution in [1.82, 2.24) is 10.2 Å². The number of hydrogen-bond donors (Lipinski definition) is 1. The van der Waals surface area contributed by atoms with E-state index in [9.17, 15) is 9.59 Å². The first-order chi connectivity index (χ1) is 9.15. The van der Waals surface area contributed by atoms with Crippen molar-refractivity contribution in [1.29, 1.82) is 0 Å². The highest BCUT2D eigenvalue weighted by Crippen LogP contribution is 2.49. The molecular formula is C15H18N2O2. The van der Waals surface area contributed by atoms with Gasteiger partial charge in [-0.05, 0) is 25.3 Å². The third-order valence-electron chi connectivity index (χ3n) is 4.25. The van der Waals surface area contributed by atoms with Crippen LogP contribution in [0.2, 0.25) is 0 Å². The standard InChI is InChI=1S/C15H18N2O2/c1-11-13(18)16-9-10-17(11)14(19)15(7-8-15)12-5-3-2-4-6-12/h2-6,11H,7-10H2,1H3,(H,16,18). The average molecular weight is 258 g/mol. The maximum atomic E-state index is 12.8. The highest BCUT2D eigenvalue weighted by molar-refractivity contribution is 5.95. The molecule has 19 heavy (non-hydrogen) atoms. The molecule has 3 rings (SSSR count). The van der Waals surface area contributed by atoms with Gasteiger partial charge in [0.1, 0.15) is 6.04 Å². The lowest BCUT2D eigenvalue weighted by molar-refractivity contribution is -0.144. The molecule has 0 aromatic heterocycles. The van der Waals surface area contributed by atoms with Gasteiger partial charge in [-0.25, -0.2) is 0 Å². The van der Waals surface area contributed by atoms with Crippen LogP contribution in [-0.4, -0.2) is 35.8 Å². The Morgan fingerprint density at radius 2 is 2.00 bits per heavy atom. The smallest absolute Gasteiger partial charge is 0.242 e. The zero-order chi connectivity index (χ0) is 13.5. The predicted octanol–water partition coefficient (Wildman–Crippen LogP) is 1.07. The maximum absolute atomic E-state index is 12.8. The second-order valence-corrected chi connectivity index (χ2v) is 5.41. The molecule has 0 spiro atoms. The molecule has 1 saturated carbocycles. The summed E-state index contributed by atoms with van der Waals surface area (Å²) in [5, 5.41) is 2.80. The van der Waals surface area contributed by atoms with Gasteiger partial charge in [-0.2, -0.15) is 0 Å². The van der Waals surface area contributed by atoms with Crippen LogP contribution in [-0.2, 0) is 15.0 Å².